The summed E-state index contributed by atoms with van der Waals surface area (Å²) in [5.41, 5.74) is 1.13. The topological polar surface area (TPSA) is 73.8 Å². The average molecular weight is 390 g/mol. The van der Waals surface area contributed by atoms with Crippen LogP contribution >= 0.6 is 31.9 Å². The van der Waals surface area contributed by atoms with Crippen molar-refractivity contribution in [1.29, 1.82) is 0 Å². The largest absolute Gasteiger partial charge is 0.396 e. The van der Waals surface area contributed by atoms with Crippen LogP contribution in [0.15, 0.2) is 27.1 Å². The molecule has 0 aliphatic heterocycles. The number of halogens is 2. The first-order chi connectivity index (χ1) is 9.19. The fraction of sp³-hybridized carbons (Fsp3) is 0.333. The van der Waals surface area contributed by atoms with Crippen molar-refractivity contribution in [3.8, 4) is 0 Å². The zero-order chi connectivity index (χ0) is 13.7. The van der Waals surface area contributed by atoms with E-state index in [0.717, 1.165) is 20.3 Å². The van der Waals surface area contributed by atoms with Gasteiger partial charge in [0.15, 0.2) is 0 Å². The summed E-state index contributed by atoms with van der Waals surface area (Å²) in [5.74, 6) is 1.36. The lowest BCUT2D eigenvalue weighted by Crippen LogP contribution is -2.02. The molecule has 0 bridgehead atoms. The smallest absolute Gasteiger partial charge is 0.242 e. The molecule has 0 radical (unpaired) electrons. The van der Waals surface area contributed by atoms with Crippen LogP contribution in [0.1, 0.15) is 17.8 Å². The number of H-pyrrole nitrogens is 1. The molecule has 102 valence electrons. The number of aromatic nitrogens is 3. The van der Waals surface area contributed by atoms with E-state index in [1.807, 2.05) is 18.2 Å². The summed E-state index contributed by atoms with van der Waals surface area (Å²) in [6.07, 6.45) is 1.39. The monoisotopic (exact) mass is 388 g/mol. The number of aryl methyl sites for hydroxylation is 1. The van der Waals surface area contributed by atoms with E-state index in [1.54, 1.807) is 0 Å². The Hall–Kier alpha value is -0.920. The molecule has 0 atom stereocenters. The number of nitrogens with zero attached hydrogens (tertiary/aromatic N) is 2. The Balaban J connectivity index is 1.92. The summed E-state index contributed by atoms with van der Waals surface area (Å²) in [6.45, 7) is 0.806. The van der Waals surface area contributed by atoms with Gasteiger partial charge in [-0.1, -0.05) is 37.9 Å². The van der Waals surface area contributed by atoms with Crippen LogP contribution < -0.4 is 5.32 Å². The van der Waals surface area contributed by atoms with Gasteiger partial charge < -0.3 is 10.4 Å². The molecule has 1 heterocycles. The SMILES string of the molecule is OCCCc1nc(NCc2ccc(Br)cc2Br)n[nH]1. The number of aromatic amines is 1. The molecular formula is C12H14Br2N4O. The van der Waals surface area contributed by atoms with E-state index in [0.29, 0.717) is 25.3 Å². The molecule has 0 saturated carbocycles. The van der Waals surface area contributed by atoms with Crippen molar-refractivity contribution in [2.24, 2.45) is 0 Å². The zero-order valence-corrected chi connectivity index (χ0v) is 13.3. The Morgan fingerprint density at radius 2 is 2.16 bits per heavy atom. The summed E-state index contributed by atoms with van der Waals surface area (Å²) < 4.78 is 2.07. The van der Waals surface area contributed by atoms with Gasteiger partial charge in [0.25, 0.3) is 0 Å². The van der Waals surface area contributed by atoms with Gasteiger partial charge in [0.1, 0.15) is 5.82 Å². The first-order valence-electron chi connectivity index (χ1n) is 5.89. The molecule has 19 heavy (non-hydrogen) atoms. The highest BCUT2D eigenvalue weighted by molar-refractivity contribution is 9.11. The highest BCUT2D eigenvalue weighted by Crippen LogP contribution is 2.22. The summed E-state index contributed by atoms with van der Waals surface area (Å²) in [5, 5.41) is 18.8. The average Bonchev–Trinajstić information content (AvgIpc) is 2.83. The third-order valence-electron chi connectivity index (χ3n) is 2.56. The minimum Gasteiger partial charge on any atom is -0.396 e. The molecule has 2 aromatic rings. The van der Waals surface area contributed by atoms with Crippen LogP contribution in [0.2, 0.25) is 0 Å². The van der Waals surface area contributed by atoms with Gasteiger partial charge >= 0.3 is 0 Å². The van der Waals surface area contributed by atoms with Crippen molar-refractivity contribution in [2.45, 2.75) is 19.4 Å². The maximum atomic E-state index is 8.75. The standard InChI is InChI=1S/C12H14Br2N4O/c13-9-4-3-8(10(14)6-9)7-15-12-16-11(17-18-12)2-1-5-19/h3-4,6,19H,1-2,5,7H2,(H2,15,16,17,18). The van der Waals surface area contributed by atoms with Crippen molar-refractivity contribution in [2.75, 3.05) is 11.9 Å². The maximum absolute atomic E-state index is 8.75. The predicted octanol–water partition coefficient (Wildman–Crippen LogP) is 2.87. The van der Waals surface area contributed by atoms with E-state index in [4.69, 9.17) is 5.11 Å². The van der Waals surface area contributed by atoms with E-state index in [1.165, 1.54) is 0 Å². The second-order valence-electron chi connectivity index (χ2n) is 4.02. The fourth-order valence-corrected chi connectivity index (χ4v) is 2.76. The molecule has 0 spiro atoms. The maximum Gasteiger partial charge on any atom is 0.242 e. The minimum absolute atomic E-state index is 0.162. The van der Waals surface area contributed by atoms with Gasteiger partial charge in [-0.3, -0.25) is 5.10 Å². The first-order valence-corrected chi connectivity index (χ1v) is 7.47. The lowest BCUT2D eigenvalue weighted by Gasteiger charge is -2.05. The Bertz CT molecular complexity index is 544. The number of aliphatic hydroxyl groups excluding tert-OH is 1. The Labute approximate surface area is 128 Å². The number of hydrogen-bond donors (Lipinski definition) is 3. The number of nitrogens with one attached hydrogen (secondary N) is 2. The normalized spacial score (nSPS) is 10.7. The zero-order valence-electron chi connectivity index (χ0n) is 10.2. The molecule has 3 N–H and O–H groups in total. The molecule has 0 amide bonds. The molecule has 0 unspecified atom stereocenters. The minimum atomic E-state index is 0.162. The number of benzene rings is 1. The Morgan fingerprint density at radius 3 is 2.89 bits per heavy atom. The first kappa shape index (κ1) is 14.5. The van der Waals surface area contributed by atoms with Gasteiger partial charge in [-0.25, -0.2) is 0 Å². The molecule has 0 aliphatic rings. The second-order valence-corrected chi connectivity index (χ2v) is 5.79. The summed E-state index contributed by atoms with van der Waals surface area (Å²) >= 11 is 6.93. The number of aliphatic hydroxyl groups is 1. The van der Waals surface area contributed by atoms with Crippen LogP contribution in [0.3, 0.4) is 0 Å². The van der Waals surface area contributed by atoms with Crippen molar-refractivity contribution >= 4 is 37.8 Å². The van der Waals surface area contributed by atoms with Crippen molar-refractivity contribution in [1.82, 2.24) is 15.2 Å². The van der Waals surface area contributed by atoms with Crippen LogP contribution in [-0.2, 0) is 13.0 Å². The molecule has 7 heteroatoms. The molecule has 5 nitrogen and oxygen atoms in total. The van der Waals surface area contributed by atoms with Gasteiger partial charge in [-0.05, 0) is 24.1 Å². The van der Waals surface area contributed by atoms with E-state index < -0.39 is 0 Å². The van der Waals surface area contributed by atoms with Gasteiger partial charge in [0, 0.05) is 28.5 Å². The molecular weight excluding hydrogens is 376 g/mol. The summed E-state index contributed by atoms with van der Waals surface area (Å²) in [6, 6.07) is 6.02. The lowest BCUT2D eigenvalue weighted by molar-refractivity contribution is 0.287. The van der Waals surface area contributed by atoms with Gasteiger partial charge in [-0.2, -0.15) is 4.98 Å². The van der Waals surface area contributed by atoms with Crippen LogP contribution in [0.5, 0.6) is 0 Å². The Morgan fingerprint density at radius 1 is 1.32 bits per heavy atom. The van der Waals surface area contributed by atoms with E-state index >= 15 is 0 Å². The van der Waals surface area contributed by atoms with Crippen molar-refractivity contribution < 1.29 is 5.11 Å². The number of anilines is 1. The van der Waals surface area contributed by atoms with Gasteiger partial charge in [0.05, 0.1) is 0 Å². The van der Waals surface area contributed by atoms with E-state index in [2.05, 4.69) is 52.4 Å². The number of rotatable bonds is 6. The molecule has 1 aromatic heterocycles. The van der Waals surface area contributed by atoms with E-state index in [9.17, 15) is 0 Å². The molecule has 0 saturated heterocycles. The van der Waals surface area contributed by atoms with Crippen molar-refractivity contribution in [3.63, 3.8) is 0 Å². The summed E-state index contributed by atoms with van der Waals surface area (Å²) in [7, 11) is 0. The quantitative estimate of drug-likeness (QED) is 0.710. The Kier molecular flexibility index (Phi) is 5.35. The second kappa shape index (κ2) is 7.02. The van der Waals surface area contributed by atoms with Gasteiger partial charge in [0.2, 0.25) is 5.95 Å². The number of hydrogen-bond acceptors (Lipinski definition) is 4. The lowest BCUT2D eigenvalue weighted by atomic mass is 10.2. The highest BCUT2D eigenvalue weighted by atomic mass is 79.9. The third-order valence-corrected chi connectivity index (χ3v) is 3.79. The molecule has 0 fully saturated rings. The fourth-order valence-electron chi connectivity index (χ4n) is 1.57. The van der Waals surface area contributed by atoms with E-state index in [-0.39, 0.29) is 6.61 Å². The molecule has 2 rings (SSSR count). The summed E-state index contributed by atoms with van der Waals surface area (Å²) in [4.78, 5) is 4.30. The molecule has 1 aromatic carbocycles. The van der Waals surface area contributed by atoms with Crippen LogP contribution in [0, 0.1) is 0 Å². The van der Waals surface area contributed by atoms with Crippen LogP contribution in [0.4, 0.5) is 5.95 Å². The third kappa shape index (κ3) is 4.29. The predicted molar refractivity (Wildman–Crippen MR) is 81.0 cm³/mol. The highest BCUT2D eigenvalue weighted by Gasteiger charge is 2.04. The van der Waals surface area contributed by atoms with Gasteiger partial charge in [-0.15, -0.1) is 5.10 Å². The van der Waals surface area contributed by atoms with Crippen LogP contribution in [0.25, 0.3) is 0 Å². The van der Waals surface area contributed by atoms with Crippen molar-refractivity contribution in [3.05, 3.63) is 38.5 Å². The molecule has 0 aliphatic carbocycles. The van der Waals surface area contributed by atoms with Crippen LogP contribution in [-0.4, -0.2) is 26.9 Å².